The maximum atomic E-state index is 8.83. The van der Waals surface area contributed by atoms with Crippen molar-refractivity contribution in [3.8, 4) is 0 Å². The van der Waals surface area contributed by atoms with Gasteiger partial charge in [0, 0.05) is 18.3 Å². The van der Waals surface area contributed by atoms with Gasteiger partial charge in [0.2, 0.25) is 0 Å². The quantitative estimate of drug-likeness (QED) is 0.753. The van der Waals surface area contributed by atoms with Gasteiger partial charge in [0.05, 0.1) is 18.5 Å². The summed E-state index contributed by atoms with van der Waals surface area (Å²) in [6.07, 6.45) is 4.06. The van der Waals surface area contributed by atoms with Crippen LogP contribution in [0.4, 0.5) is 0 Å². The maximum Gasteiger partial charge on any atom is 0.112 e. The lowest BCUT2D eigenvalue weighted by Gasteiger charge is -1.95. The number of aromatic amines is 1. The van der Waals surface area contributed by atoms with Gasteiger partial charge in [0.15, 0.2) is 0 Å². The van der Waals surface area contributed by atoms with Crippen LogP contribution in [0.3, 0.4) is 0 Å². The van der Waals surface area contributed by atoms with E-state index in [1.165, 1.54) is 0 Å². The summed E-state index contributed by atoms with van der Waals surface area (Å²) in [4.78, 5) is 11.3. The van der Waals surface area contributed by atoms with Crippen LogP contribution in [0, 0.1) is 0 Å². The first-order valence-electron chi connectivity index (χ1n) is 4.42. The lowest BCUT2D eigenvalue weighted by Crippen LogP contribution is -1.93. The highest BCUT2D eigenvalue weighted by molar-refractivity contribution is 5.11. The van der Waals surface area contributed by atoms with Gasteiger partial charge in [-0.25, -0.2) is 4.98 Å². The second-order valence-corrected chi connectivity index (χ2v) is 3.01. The molecule has 0 unspecified atom stereocenters. The SMILES string of the molecule is OCc1cnc(Cc2ccccn2)[nH]1. The fourth-order valence-corrected chi connectivity index (χ4v) is 1.25. The molecule has 0 aromatic carbocycles. The molecule has 0 bridgehead atoms. The topological polar surface area (TPSA) is 61.8 Å². The van der Waals surface area contributed by atoms with E-state index in [1.54, 1.807) is 12.4 Å². The Morgan fingerprint density at radius 1 is 1.29 bits per heavy atom. The molecule has 0 aliphatic rings. The van der Waals surface area contributed by atoms with Crippen LogP contribution in [0.5, 0.6) is 0 Å². The third-order valence-corrected chi connectivity index (χ3v) is 1.93. The van der Waals surface area contributed by atoms with E-state index in [2.05, 4.69) is 15.0 Å². The van der Waals surface area contributed by atoms with Gasteiger partial charge in [-0.3, -0.25) is 4.98 Å². The second-order valence-electron chi connectivity index (χ2n) is 3.01. The fourth-order valence-electron chi connectivity index (χ4n) is 1.25. The summed E-state index contributed by atoms with van der Waals surface area (Å²) in [7, 11) is 0. The zero-order valence-electron chi connectivity index (χ0n) is 7.64. The summed E-state index contributed by atoms with van der Waals surface area (Å²) in [5.74, 6) is 0.827. The Kier molecular flexibility index (Phi) is 2.55. The van der Waals surface area contributed by atoms with E-state index in [0.29, 0.717) is 6.42 Å². The van der Waals surface area contributed by atoms with E-state index in [4.69, 9.17) is 5.11 Å². The predicted molar refractivity (Wildman–Crippen MR) is 51.6 cm³/mol. The maximum absolute atomic E-state index is 8.83. The van der Waals surface area contributed by atoms with Crippen LogP contribution in [-0.4, -0.2) is 20.1 Å². The van der Waals surface area contributed by atoms with Gasteiger partial charge in [-0.15, -0.1) is 0 Å². The van der Waals surface area contributed by atoms with Crippen LogP contribution in [-0.2, 0) is 13.0 Å². The Labute approximate surface area is 81.7 Å². The van der Waals surface area contributed by atoms with Crippen molar-refractivity contribution in [3.05, 3.63) is 47.8 Å². The molecule has 0 fully saturated rings. The van der Waals surface area contributed by atoms with Gasteiger partial charge in [-0.05, 0) is 12.1 Å². The first-order chi connectivity index (χ1) is 6.88. The molecular formula is C10H11N3O. The van der Waals surface area contributed by atoms with Crippen molar-refractivity contribution in [1.82, 2.24) is 15.0 Å². The van der Waals surface area contributed by atoms with Gasteiger partial charge in [-0.2, -0.15) is 0 Å². The van der Waals surface area contributed by atoms with Crippen molar-refractivity contribution in [2.75, 3.05) is 0 Å². The third-order valence-electron chi connectivity index (χ3n) is 1.93. The van der Waals surface area contributed by atoms with Crippen LogP contribution in [0.1, 0.15) is 17.2 Å². The van der Waals surface area contributed by atoms with Crippen molar-refractivity contribution in [3.63, 3.8) is 0 Å². The number of nitrogens with zero attached hydrogens (tertiary/aromatic N) is 2. The van der Waals surface area contributed by atoms with Crippen LogP contribution < -0.4 is 0 Å². The molecule has 2 rings (SSSR count). The molecule has 2 N–H and O–H groups in total. The van der Waals surface area contributed by atoms with Gasteiger partial charge in [0.1, 0.15) is 5.82 Å². The van der Waals surface area contributed by atoms with Gasteiger partial charge < -0.3 is 10.1 Å². The third kappa shape index (κ3) is 1.97. The van der Waals surface area contributed by atoms with E-state index < -0.39 is 0 Å². The molecule has 4 nitrogen and oxygen atoms in total. The highest BCUT2D eigenvalue weighted by atomic mass is 16.3. The van der Waals surface area contributed by atoms with E-state index in [1.807, 2.05) is 18.2 Å². The largest absolute Gasteiger partial charge is 0.390 e. The lowest BCUT2D eigenvalue weighted by molar-refractivity contribution is 0.277. The van der Waals surface area contributed by atoms with Crippen molar-refractivity contribution < 1.29 is 5.11 Å². The highest BCUT2D eigenvalue weighted by Gasteiger charge is 2.01. The first kappa shape index (κ1) is 8.90. The Morgan fingerprint density at radius 2 is 2.21 bits per heavy atom. The Hall–Kier alpha value is -1.68. The number of H-pyrrole nitrogens is 1. The number of imidazole rings is 1. The van der Waals surface area contributed by atoms with Crippen LogP contribution in [0.2, 0.25) is 0 Å². The molecule has 14 heavy (non-hydrogen) atoms. The van der Waals surface area contributed by atoms with Gasteiger partial charge in [0.25, 0.3) is 0 Å². The molecule has 0 radical (unpaired) electrons. The van der Waals surface area contributed by atoms with Crippen molar-refractivity contribution in [1.29, 1.82) is 0 Å². The monoisotopic (exact) mass is 189 g/mol. The molecule has 2 aromatic rings. The fraction of sp³-hybridized carbons (Fsp3) is 0.200. The second kappa shape index (κ2) is 4.02. The Bertz CT molecular complexity index is 397. The molecule has 0 aliphatic carbocycles. The normalized spacial score (nSPS) is 10.4. The Morgan fingerprint density at radius 3 is 2.86 bits per heavy atom. The average molecular weight is 189 g/mol. The van der Waals surface area contributed by atoms with E-state index in [0.717, 1.165) is 17.2 Å². The summed E-state index contributed by atoms with van der Waals surface area (Å²) in [6, 6.07) is 5.77. The molecule has 0 atom stereocenters. The van der Waals surface area contributed by atoms with E-state index in [9.17, 15) is 0 Å². The molecule has 72 valence electrons. The van der Waals surface area contributed by atoms with Gasteiger partial charge >= 0.3 is 0 Å². The average Bonchev–Trinajstić information content (AvgIpc) is 2.67. The zero-order valence-corrected chi connectivity index (χ0v) is 7.64. The number of hydrogen-bond acceptors (Lipinski definition) is 3. The van der Waals surface area contributed by atoms with E-state index in [-0.39, 0.29) is 6.61 Å². The lowest BCUT2D eigenvalue weighted by atomic mass is 10.3. The molecule has 2 aromatic heterocycles. The minimum Gasteiger partial charge on any atom is -0.390 e. The predicted octanol–water partition coefficient (Wildman–Crippen LogP) is 0.888. The summed E-state index contributed by atoms with van der Waals surface area (Å²) >= 11 is 0. The molecule has 2 heterocycles. The molecular weight excluding hydrogens is 178 g/mol. The minimum absolute atomic E-state index is 0.00474. The molecule has 4 heteroatoms. The van der Waals surface area contributed by atoms with Crippen LogP contribution in [0.25, 0.3) is 0 Å². The summed E-state index contributed by atoms with van der Waals surface area (Å²) in [5.41, 5.74) is 1.70. The number of aliphatic hydroxyl groups excluding tert-OH is 1. The number of aromatic nitrogens is 3. The molecule has 0 saturated heterocycles. The van der Waals surface area contributed by atoms with Gasteiger partial charge in [-0.1, -0.05) is 6.07 Å². The number of hydrogen-bond donors (Lipinski definition) is 2. The van der Waals surface area contributed by atoms with Crippen molar-refractivity contribution in [2.24, 2.45) is 0 Å². The smallest absolute Gasteiger partial charge is 0.112 e. The number of aliphatic hydroxyl groups is 1. The van der Waals surface area contributed by atoms with Crippen molar-refractivity contribution in [2.45, 2.75) is 13.0 Å². The van der Waals surface area contributed by atoms with Crippen LogP contribution in [0.15, 0.2) is 30.6 Å². The van der Waals surface area contributed by atoms with Crippen LogP contribution >= 0.6 is 0 Å². The van der Waals surface area contributed by atoms with E-state index >= 15 is 0 Å². The highest BCUT2D eigenvalue weighted by Crippen LogP contribution is 2.03. The number of rotatable bonds is 3. The summed E-state index contributed by atoms with van der Waals surface area (Å²) in [6.45, 7) is -0.00474. The molecule has 0 spiro atoms. The molecule has 0 aliphatic heterocycles. The standard InChI is InChI=1S/C10H11N3O/c14-7-9-6-12-10(13-9)5-8-3-1-2-4-11-8/h1-4,6,14H,5,7H2,(H,12,13). The first-order valence-corrected chi connectivity index (χ1v) is 4.42. The number of nitrogens with one attached hydrogen (secondary N) is 1. The zero-order chi connectivity index (χ0) is 9.80. The summed E-state index contributed by atoms with van der Waals surface area (Å²) < 4.78 is 0. The van der Waals surface area contributed by atoms with Crippen molar-refractivity contribution >= 4 is 0 Å². The minimum atomic E-state index is -0.00474. The number of pyridine rings is 1. The molecule has 0 amide bonds. The summed E-state index contributed by atoms with van der Waals surface area (Å²) in [5, 5.41) is 8.83. The molecule has 0 saturated carbocycles. The Balaban J connectivity index is 2.11.